The van der Waals surface area contributed by atoms with Crippen LogP contribution in [0, 0.1) is 0 Å². The number of methoxy groups -OCH3 is 1. The highest BCUT2D eigenvalue weighted by molar-refractivity contribution is 5.81. The number of hydrogen-bond donors (Lipinski definition) is 0. The Balaban J connectivity index is 0. The van der Waals surface area contributed by atoms with Crippen LogP contribution in [0.4, 0.5) is 0 Å². The average Bonchev–Trinajstić information content (AvgIpc) is 2.18. The first-order valence-electron chi connectivity index (χ1n) is 4.12. The van der Waals surface area contributed by atoms with Crippen LogP contribution in [-0.4, -0.2) is 25.7 Å². The van der Waals surface area contributed by atoms with Crippen molar-refractivity contribution in [3.05, 3.63) is 24.8 Å². The maximum atomic E-state index is 10.3. The molecule has 0 fully saturated rings. The smallest absolute Gasteiger partial charge is 0.330 e. The predicted octanol–water partition coefficient (Wildman–Crippen LogP) is 1.47. The quantitative estimate of drug-likeness (QED) is 0.511. The Hall–Kier alpha value is -1.58. The van der Waals surface area contributed by atoms with Crippen molar-refractivity contribution >= 4 is 11.9 Å². The Morgan fingerprint density at radius 3 is 2.14 bits per heavy atom. The Morgan fingerprint density at radius 2 is 1.93 bits per heavy atom. The third kappa shape index (κ3) is 13.0. The van der Waals surface area contributed by atoms with E-state index in [9.17, 15) is 9.59 Å². The van der Waals surface area contributed by atoms with Gasteiger partial charge >= 0.3 is 11.9 Å². The van der Waals surface area contributed by atoms with Gasteiger partial charge in [-0.1, -0.05) is 12.7 Å². The zero-order chi connectivity index (χ0) is 11.4. The molecular formula is C10H16O4. The second kappa shape index (κ2) is 11.4. The van der Waals surface area contributed by atoms with Crippen LogP contribution >= 0.6 is 0 Å². The van der Waals surface area contributed by atoms with Gasteiger partial charge in [0.25, 0.3) is 0 Å². The number of carbonyl (C=O) groups excluding carboxylic acids is 2. The van der Waals surface area contributed by atoms with Crippen LogP contribution in [0.15, 0.2) is 24.8 Å². The molecule has 0 spiro atoms. The molecule has 0 heterocycles. The maximum Gasteiger partial charge on any atom is 0.330 e. The number of rotatable bonds is 3. The Labute approximate surface area is 84.2 Å². The van der Waals surface area contributed by atoms with E-state index < -0.39 is 5.97 Å². The number of carbonyl (C=O) groups is 2. The van der Waals surface area contributed by atoms with Gasteiger partial charge in [0.15, 0.2) is 0 Å². The van der Waals surface area contributed by atoms with E-state index in [1.807, 2.05) is 0 Å². The summed E-state index contributed by atoms with van der Waals surface area (Å²) < 4.78 is 8.70. The topological polar surface area (TPSA) is 52.6 Å². The minimum Gasteiger partial charge on any atom is -0.466 e. The summed E-state index contributed by atoms with van der Waals surface area (Å²) >= 11 is 0. The predicted molar refractivity (Wildman–Crippen MR) is 53.7 cm³/mol. The Bertz CT molecular complexity index is 206. The summed E-state index contributed by atoms with van der Waals surface area (Å²) in [7, 11) is 1.31. The van der Waals surface area contributed by atoms with E-state index in [2.05, 4.69) is 16.1 Å². The molecule has 0 aromatic heterocycles. The summed E-state index contributed by atoms with van der Waals surface area (Å²) in [6, 6.07) is 0. The van der Waals surface area contributed by atoms with Gasteiger partial charge in [0.2, 0.25) is 0 Å². The van der Waals surface area contributed by atoms with Gasteiger partial charge < -0.3 is 9.47 Å². The van der Waals surface area contributed by atoms with Crippen molar-refractivity contribution in [1.29, 1.82) is 0 Å². The molecule has 0 N–H and O–H groups in total. The highest BCUT2D eigenvalue weighted by Gasteiger charge is 1.88. The molecule has 0 atom stereocenters. The lowest BCUT2D eigenvalue weighted by Crippen LogP contribution is -1.98. The summed E-state index contributed by atoms with van der Waals surface area (Å²) in [4.78, 5) is 20.2. The zero-order valence-corrected chi connectivity index (χ0v) is 8.78. The molecular weight excluding hydrogens is 184 g/mol. The SMILES string of the molecule is C/C=C/C(=O)OCC.C=CC(=O)OC. The van der Waals surface area contributed by atoms with E-state index in [-0.39, 0.29) is 5.97 Å². The molecule has 0 saturated carbocycles. The van der Waals surface area contributed by atoms with Crippen LogP contribution in [0.3, 0.4) is 0 Å². The number of esters is 2. The van der Waals surface area contributed by atoms with Gasteiger partial charge in [-0.3, -0.25) is 0 Å². The van der Waals surface area contributed by atoms with Crippen LogP contribution in [0.5, 0.6) is 0 Å². The molecule has 0 bridgehead atoms. The standard InChI is InChI=1S/C6H10O2.C4H6O2/c1-3-5-6(7)8-4-2;1-3-4(5)6-2/h3,5H,4H2,1-2H3;3H,1H2,2H3/b5-3+;. The van der Waals surface area contributed by atoms with Gasteiger partial charge in [0, 0.05) is 12.2 Å². The monoisotopic (exact) mass is 200 g/mol. The summed E-state index contributed by atoms with van der Waals surface area (Å²) in [6.45, 7) is 7.16. The zero-order valence-electron chi connectivity index (χ0n) is 8.78. The van der Waals surface area contributed by atoms with Crippen molar-refractivity contribution in [3.63, 3.8) is 0 Å². The molecule has 0 saturated heterocycles. The van der Waals surface area contributed by atoms with Crippen LogP contribution in [0.1, 0.15) is 13.8 Å². The highest BCUT2D eigenvalue weighted by Crippen LogP contribution is 1.78. The van der Waals surface area contributed by atoms with Crippen LogP contribution in [0.2, 0.25) is 0 Å². The van der Waals surface area contributed by atoms with Gasteiger partial charge in [0.05, 0.1) is 13.7 Å². The van der Waals surface area contributed by atoms with Gasteiger partial charge in [-0.15, -0.1) is 0 Å². The molecule has 0 aliphatic heterocycles. The van der Waals surface area contributed by atoms with Crippen molar-refractivity contribution < 1.29 is 19.1 Å². The second-order valence-electron chi connectivity index (χ2n) is 1.98. The number of ether oxygens (including phenoxy) is 2. The van der Waals surface area contributed by atoms with Crippen molar-refractivity contribution in [2.24, 2.45) is 0 Å². The fourth-order valence-corrected chi connectivity index (χ4v) is 0.410. The first kappa shape index (κ1) is 14.9. The molecule has 0 aromatic carbocycles. The molecule has 0 unspecified atom stereocenters. The summed E-state index contributed by atoms with van der Waals surface area (Å²) in [5.41, 5.74) is 0. The molecule has 0 aromatic rings. The van der Waals surface area contributed by atoms with Gasteiger partial charge in [-0.25, -0.2) is 9.59 Å². The first-order valence-corrected chi connectivity index (χ1v) is 4.12. The summed E-state index contributed by atoms with van der Waals surface area (Å²) in [6.07, 6.45) is 4.15. The molecule has 0 amide bonds. The van der Waals surface area contributed by atoms with E-state index >= 15 is 0 Å². The van der Waals surface area contributed by atoms with E-state index in [0.717, 1.165) is 6.08 Å². The van der Waals surface area contributed by atoms with Crippen molar-refractivity contribution in [1.82, 2.24) is 0 Å². The van der Waals surface area contributed by atoms with Crippen LogP contribution in [-0.2, 0) is 19.1 Å². The Kier molecular flexibility index (Phi) is 12.2. The van der Waals surface area contributed by atoms with E-state index in [1.54, 1.807) is 19.9 Å². The van der Waals surface area contributed by atoms with Crippen molar-refractivity contribution in [2.75, 3.05) is 13.7 Å². The van der Waals surface area contributed by atoms with Gasteiger partial charge in [0.1, 0.15) is 0 Å². The van der Waals surface area contributed by atoms with Crippen LogP contribution < -0.4 is 0 Å². The van der Waals surface area contributed by atoms with Gasteiger partial charge in [-0.05, 0) is 13.8 Å². The summed E-state index contributed by atoms with van der Waals surface area (Å²) in [5, 5.41) is 0. The second-order valence-corrected chi connectivity index (χ2v) is 1.98. The molecule has 4 heteroatoms. The molecule has 0 radical (unpaired) electrons. The number of allylic oxidation sites excluding steroid dienone is 1. The van der Waals surface area contributed by atoms with Crippen molar-refractivity contribution in [3.8, 4) is 0 Å². The molecule has 14 heavy (non-hydrogen) atoms. The van der Waals surface area contributed by atoms with Crippen molar-refractivity contribution in [2.45, 2.75) is 13.8 Å². The largest absolute Gasteiger partial charge is 0.466 e. The average molecular weight is 200 g/mol. The van der Waals surface area contributed by atoms with Crippen LogP contribution in [0.25, 0.3) is 0 Å². The minimum atomic E-state index is -0.394. The fraction of sp³-hybridized carbons (Fsp3) is 0.400. The first-order chi connectivity index (χ1) is 6.62. The molecule has 0 aliphatic rings. The molecule has 0 rings (SSSR count). The lowest BCUT2D eigenvalue weighted by atomic mass is 10.5. The third-order valence-electron chi connectivity index (χ3n) is 0.957. The van der Waals surface area contributed by atoms with Gasteiger partial charge in [-0.2, -0.15) is 0 Å². The fourth-order valence-electron chi connectivity index (χ4n) is 0.410. The Morgan fingerprint density at radius 1 is 1.36 bits per heavy atom. The number of hydrogen-bond acceptors (Lipinski definition) is 4. The minimum absolute atomic E-state index is 0.269. The van der Waals surface area contributed by atoms with E-state index in [4.69, 9.17) is 0 Å². The molecule has 4 nitrogen and oxygen atoms in total. The van der Waals surface area contributed by atoms with E-state index in [0.29, 0.717) is 6.61 Å². The maximum absolute atomic E-state index is 10.3. The highest BCUT2D eigenvalue weighted by atomic mass is 16.5. The molecule has 0 aliphatic carbocycles. The summed E-state index contributed by atoms with van der Waals surface area (Å²) in [5.74, 6) is -0.662. The third-order valence-corrected chi connectivity index (χ3v) is 0.957. The lowest BCUT2D eigenvalue weighted by Gasteiger charge is -1.91. The lowest BCUT2D eigenvalue weighted by molar-refractivity contribution is -0.137. The molecule has 80 valence electrons. The normalized spacial score (nSPS) is 8.50. The van der Waals surface area contributed by atoms with E-state index in [1.165, 1.54) is 13.2 Å².